The molecule has 0 spiro atoms. The highest BCUT2D eigenvalue weighted by Gasteiger charge is 2.37. The number of nitrogens with zero attached hydrogens (tertiary/aromatic N) is 1. The number of allylic oxidation sites excluding steroid dienone is 2. The molecule has 0 radical (unpaired) electrons. The standard InChI is InChI=1S/C14H21NO3/c1-2-15(9-10-7-8-10)13(16)11-5-3-4-6-12(11)14(17)18/h3-4,10-12H,2,5-9H2,1H3,(H,17,18)/t11-,12+/m1/s1. The quantitative estimate of drug-likeness (QED) is 0.759. The largest absolute Gasteiger partial charge is 0.481 e. The summed E-state index contributed by atoms with van der Waals surface area (Å²) in [6.45, 7) is 3.46. The molecule has 0 bridgehead atoms. The van der Waals surface area contributed by atoms with Crippen LogP contribution in [0.1, 0.15) is 32.6 Å². The van der Waals surface area contributed by atoms with Crippen LogP contribution in [-0.2, 0) is 9.59 Å². The van der Waals surface area contributed by atoms with E-state index in [-0.39, 0.29) is 11.8 Å². The second-order valence-electron chi connectivity index (χ2n) is 5.31. The molecule has 18 heavy (non-hydrogen) atoms. The zero-order valence-electron chi connectivity index (χ0n) is 10.8. The molecule has 2 atom stereocenters. The van der Waals surface area contributed by atoms with E-state index >= 15 is 0 Å². The van der Waals surface area contributed by atoms with Gasteiger partial charge in [-0.05, 0) is 38.5 Å². The van der Waals surface area contributed by atoms with E-state index < -0.39 is 11.9 Å². The number of aliphatic carboxylic acids is 1. The Balaban J connectivity index is 2.04. The molecule has 0 unspecified atom stereocenters. The molecule has 1 N–H and O–H groups in total. The smallest absolute Gasteiger partial charge is 0.307 e. The maximum absolute atomic E-state index is 12.4. The summed E-state index contributed by atoms with van der Waals surface area (Å²) in [4.78, 5) is 25.5. The first-order valence-corrected chi connectivity index (χ1v) is 6.80. The lowest BCUT2D eigenvalue weighted by molar-refractivity contribution is -0.150. The predicted molar refractivity (Wildman–Crippen MR) is 68.0 cm³/mol. The molecule has 2 aliphatic rings. The minimum atomic E-state index is -0.847. The van der Waals surface area contributed by atoms with E-state index in [9.17, 15) is 14.7 Å². The van der Waals surface area contributed by atoms with E-state index in [0.29, 0.717) is 25.3 Å². The van der Waals surface area contributed by atoms with E-state index in [2.05, 4.69) is 0 Å². The van der Waals surface area contributed by atoms with Crippen LogP contribution in [0.4, 0.5) is 0 Å². The average Bonchev–Trinajstić information content (AvgIpc) is 3.19. The van der Waals surface area contributed by atoms with Crippen molar-refractivity contribution in [2.75, 3.05) is 13.1 Å². The zero-order valence-corrected chi connectivity index (χ0v) is 10.8. The van der Waals surface area contributed by atoms with Gasteiger partial charge in [-0.3, -0.25) is 9.59 Å². The van der Waals surface area contributed by atoms with E-state index in [1.807, 2.05) is 24.0 Å². The number of rotatable bonds is 5. The number of carbonyl (C=O) groups is 2. The van der Waals surface area contributed by atoms with Crippen LogP contribution in [-0.4, -0.2) is 35.0 Å². The monoisotopic (exact) mass is 251 g/mol. The molecule has 0 aromatic rings. The maximum Gasteiger partial charge on any atom is 0.307 e. The van der Waals surface area contributed by atoms with Gasteiger partial charge in [0.25, 0.3) is 0 Å². The van der Waals surface area contributed by atoms with Crippen LogP contribution < -0.4 is 0 Å². The fourth-order valence-corrected chi connectivity index (χ4v) is 2.58. The van der Waals surface area contributed by atoms with Crippen LogP contribution in [0.2, 0.25) is 0 Å². The highest BCUT2D eigenvalue weighted by Crippen LogP contribution is 2.32. The number of amides is 1. The van der Waals surface area contributed by atoms with Crippen molar-refractivity contribution in [1.82, 2.24) is 4.90 Å². The lowest BCUT2D eigenvalue weighted by atomic mass is 9.82. The van der Waals surface area contributed by atoms with Crippen molar-refractivity contribution < 1.29 is 14.7 Å². The Morgan fingerprint density at radius 1 is 1.22 bits per heavy atom. The number of hydrogen-bond donors (Lipinski definition) is 1. The molecule has 2 aliphatic carbocycles. The fourth-order valence-electron chi connectivity index (χ4n) is 2.58. The van der Waals surface area contributed by atoms with E-state index in [1.54, 1.807) is 0 Å². The van der Waals surface area contributed by atoms with Gasteiger partial charge in [-0.1, -0.05) is 12.2 Å². The Morgan fingerprint density at radius 2 is 1.83 bits per heavy atom. The number of carbonyl (C=O) groups excluding carboxylic acids is 1. The van der Waals surface area contributed by atoms with Crippen LogP contribution in [0.15, 0.2) is 12.2 Å². The van der Waals surface area contributed by atoms with Crippen LogP contribution in [0.3, 0.4) is 0 Å². The van der Waals surface area contributed by atoms with Crippen LogP contribution in [0, 0.1) is 17.8 Å². The summed E-state index contributed by atoms with van der Waals surface area (Å²) in [5.41, 5.74) is 0. The zero-order chi connectivity index (χ0) is 13.1. The fraction of sp³-hybridized carbons (Fsp3) is 0.714. The van der Waals surface area contributed by atoms with Crippen molar-refractivity contribution in [3.05, 3.63) is 12.2 Å². The molecule has 2 rings (SSSR count). The normalized spacial score (nSPS) is 26.9. The van der Waals surface area contributed by atoms with Crippen LogP contribution in [0.25, 0.3) is 0 Å². The first-order valence-electron chi connectivity index (χ1n) is 6.80. The minimum absolute atomic E-state index is 0.0288. The molecule has 0 saturated heterocycles. The molecule has 1 amide bonds. The van der Waals surface area contributed by atoms with Gasteiger partial charge in [0.1, 0.15) is 0 Å². The Labute approximate surface area is 108 Å². The highest BCUT2D eigenvalue weighted by atomic mass is 16.4. The van der Waals surface area contributed by atoms with Crippen molar-refractivity contribution in [2.24, 2.45) is 17.8 Å². The van der Waals surface area contributed by atoms with Crippen LogP contribution >= 0.6 is 0 Å². The highest BCUT2D eigenvalue weighted by molar-refractivity contribution is 5.85. The van der Waals surface area contributed by atoms with Gasteiger partial charge < -0.3 is 10.0 Å². The van der Waals surface area contributed by atoms with Crippen molar-refractivity contribution in [3.8, 4) is 0 Å². The van der Waals surface area contributed by atoms with E-state index in [0.717, 1.165) is 6.54 Å². The third-order valence-corrected chi connectivity index (χ3v) is 3.94. The summed E-state index contributed by atoms with van der Waals surface area (Å²) in [6, 6.07) is 0. The molecule has 4 heteroatoms. The molecule has 4 nitrogen and oxygen atoms in total. The van der Waals surface area contributed by atoms with Crippen molar-refractivity contribution in [2.45, 2.75) is 32.6 Å². The first-order chi connectivity index (χ1) is 8.63. The van der Waals surface area contributed by atoms with E-state index in [4.69, 9.17) is 0 Å². The Kier molecular flexibility index (Phi) is 4.04. The summed E-state index contributed by atoms with van der Waals surface area (Å²) in [5, 5.41) is 9.20. The molecule has 0 aromatic carbocycles. The van der Waals surface area contributed by atoms with Crippen molar-refractivity contribution in [1.29, 1.82) is 0 Å². The lowest BCUT2D eigenvalue weighted by Crippen LogP contribution is -2.42. The van der Waals surface area contributed by atoms with E-state index in [1.165, 1.54) is 12.8 Å². The van der Waals surface area contributed by atoms with Gasteiger partial charge in [-0.15, -0.1) is 0 Å². The molecule has 100 valence electrons. The van der Waals surface area contributed by atoms with Crippen molar-refractivity contribution in [3.63, 3.8) is 0 Å². The summed E-state index contributed by atoms with van der Waals surface area (Å²) < 4.78 is 0. The predicted octanol–water partition coefficient (Wildman–Crippen LogP) is 1.91. The second-order valence-corrected chi connectivity index (χ2v) is 5.31. The second kappa shape index (κ2) is 5.55. The van der Waals surface area contributed by atoms with Crippen molar-refractivity contribution >= 4 is 11.9 Å². The molecule has 1 saturated carbocycles. The number of carboxylic acid groups (broad SMARTS) is 1. The molecule has 0 aromatic heterocycles. The first kappa shape index (κ1) is 13.1. The molecular formula is C14H21NO3. The third-order valence-electron chi connectivity index (χ3n) is 3.94. The maximum atomic E-state index is 12.4. The molecule has 1 fully saturated rings. The molecule has 0 aliphatic heterocycles. The summed E-state index contributed by atoms with van der Waals surface area (Å²) in [5.74, 6) is -1.08. The molecular weight excluding hydrogens is 230 g/mol. The van der Waals surface area contributed by atoms with Gasteiger partial charge in [-0.2, -0.15) is 0 Å². The van der Waals surface area contributed by atoms with Gasteiger partial charge in [0.05, 0.1) is 11.8 Å². The van der Waals surface area contributed by atoms with Gasteiger partial charge in [-0.25, -0.2) is 0 Å². The minimum Gasteiger partial charge on any atom is -0.481 e. The van der Waals surface area contributed by atoms with Gasteiger partial charge in [0.15, 0.2) is 0 Å². The Hall–Kier alpha value is -1.32. The average molecular weight is 251 g/mol. The summed E-state index contributed by atoms with van der Waals surface area (Å²) >= 11 is 0. The SMILES string of the molecule is CCN(CC1CC1)C(=O)[C@@H]1CC=CC[C@@H]1C(=O)O. The lowest BCUT2D eigenvalue weighted by Gasteiger charge is -2.30. The topological polar surface area (TPSA) is 57.6 Å². The summed E-state index contributed by atoms with van der Waals surface area (Å²) in [7, 11) is 0. The van der Waals surface area contributed by atoms with Gasteiger partial charge in [0, 0.05) is 13.1 Å². The van der Waals surface area contributed by atoms with Gasteiger partial charge >= 0.3 is 5.97 Å². The van der Waals surface area contributed by atoms with Gasteiger partial charge in [0.2, 0.25) is 5.91 Å². The van der Waals surface area contributed by atoms with Crippen LogP contribution in [0.5, 0.6) is 0 Å². The third kappa shape index (κ3) is 2.92. The number of carboxylic acids is 1. The molecule has 0 heterocycles. The Bertz CT molecular complexity index is 360. The summed E-state index contributed by atoms with van der Waals surface area (Å²) in [6.07, 6.45) is 7.27. The number of hydrogen-bond acceptors (Lipinski definition) is 2. The Morgan fingerprint density at radius 3 is 2.33 bits per heavy atom.